The fourth-order valence-electron chi connectivity index (χ4n) is 4.18. The van der Waals surface area contributed by atoms with Crippen LogP contribution in [0.2, 0.25) is 0 Å². The minimum atomic E-state index is -3.75. The highest BCUT2D eigenvalue weighted by atomic mass is 32.2. The summed E-state index contributed by atoms with van der Waals surface area (Å²) < 4.78 is 33.1. The van der Waals surface area contributed by atoms with Crippen LogP contribution in [0.5, 0.6) is 0 Å². The van der Waals surface area contributed by atoms with Gasteiger partial charge in [0.15, 0.2) is 0 Å². The van der Waals surface area contributed by atoms with Gasteiger partial charge in [0.2, 0.25) is 10.0 Å². The fourth-order valence-corrected chi connectivity index (χ4v) is 6.95. The zero-order chi connectivity index (χ0) is 21.4. The second-order valence-corrected chi connectivity index (χ2v) is 10.4. The fraction of sp³-hybridized carbons (Fsp3) is 0.261. The zero-order valence-electron chi connectivity index (χ0n) is 16.9. The van der Waals surface area contributed by atoms with Gasteiger partial charge in [-0.1, -0.05) is 48.5 Å². The number of carbonyl (C=O) groups is 1. The van der Waals surface area contributed by atoms with E-state index in [1.165, 1.54) is 15.6 Å². The van der Waals surface area contributed by atoms with Crippen LogP contribution in [0.4, 0.5) is 0 Å². The summed E-state index contributed by atoms with van der Waals surface area (Å²) in [6.45, 7) is 2.20. The number of nitrogens with zero attached hydrogens (tertiary/aromatic N) is 2. The number of benzene rings is 2. The summed E-state index contributed by atoms with van der Waals surface area (Å²) >= 11 is 1.18. The maximum atomic E-state index is 13.6. The number of fused-ring (bicyclic) bond motifs is 3. The van der Waals surface area contributed by atoms with E-state index in [0.29, 0.717) is 39.4 Å². The molecule has 1 aromatic heterocycles. The third kappa shape index (κ3) is 3.70. The van der Waals surface area contributed by atoms with Crippen LogP contribution in [0, 0.1) is 0 Å². The zero-order valence-corrected chi connectivity index (χ0v) is 18.5. The van der Waals surface area contributed by atoms with Gasteiger partial charge in [0.1, 0.15) is 9.77 Å². The molecule has 8 heteroatoms. The molecule has 0 aliphatic carbocycles. The molecule has 5 rings (SSSR count). The Kier molecular flexibility index (Phi) is 5.39. The number of rotatable bonds is 3. The Morgan fingerprint density at radius 3 is 2.06 bits per heavy atom. The Balaban J connectivity index is 1.52. The van der Waals surface area contributed by atoms with E-state index in [1.54, 1.807) is 16.3 Å². The Labute approximate surface area is 185 Å². The Morgan fingerprint density at radius 2 is 1.45 bits per heavy atom. The van der Waals surface area contributed by atoms with Gasteiger partial charge in [0.25, 0.3) is 5.91 Å². The van der Waals surface area contributed by atoms with Gasteiger partial charge in [0.05, 0.1) is 13.2 Å². The smallest absolute Gasteiger partial charge is 0.265 e. The molecule has 0 atom stereocenters. The van der Waals surface area contributed by atoms with E-state index in [1.807, 2.05) is 36.4 Å². The summed E-state index contributed by atoms with van der Waals surface area (Å²) in [7, 11) is -3.75. The topological polar surface area (TPSA) is 66.9 Å². The largest absolute Gasteiger partial charge is 0.379 e. The molecule has 1 fully saturated rings. The lowest BCUT2D eigenvalue weighted by Gasteiger charge is -2.27. The van der Waals surface area contributed by atoms with E-state index in [2.05, 4.69) is 12.1 Å². The van der Waals surface area contributed by atoms with Gasteiger partial charge in [0, 0.05) is 26.2 Å². The number of hydrogen-bond donors (Lipinski definition) is 0. The van der Waals surface area contributed by atoms with Crippen molar-refractivity contribution in [2.45, 2.75) is 18.0 Å². The van der Waals surface area contributed by atoms with E-state index in [9.17, 15) is 13.2 Å². The average Bonchev–Trinajstić information content (AvgIpc) is 3.24. The van der Waals surface area contributed by atoms with Crippen LogP contribution in [0.3, 0.4) is 0 Å². The molecule has 160 valence electrons. The summed E-state index contributed by atoms with van der Waals surface area (Å²) in [5.74, 6) is -0.256. The van der Waals surface area contributed by atoms with E-state index >= 15 is 0 Å². The number of carbonyl (C=O) groups excluding carboxylic acids is 1. The van der Waals surface area contributed by atoms with E-state index in [0.717, 1.165) is 22.3 Å². The number of thiophene rings is 1. The molecule has 2 aliphatic heterocycles. The second kappa shape index (κ2) is 8.20. The van der Waals surface area contributed by atoms with Crippen molar-refractivity contribution in [1.82, 2.24) is 9.21 Å². The summed E-state index contributed by atoms with van der Waals surface area (Å²) in [6.07, 6.45) is 0. The monoisotopic (exact) mass is 454 g/mol. The summed E-state index contributed by atoms with van der Waals surface area (Å²) in [5, 5.41) is 1.68. The highest BCUT2D eigenvalue weighted by molar-refractivity contribution is 7.89. The molecule has 0 spiro atoms. The molecule has 1 saturated heterocycles. The van der Waals surface area contributed by atoms with Crippen molar-refractivity contribution in [2.24, 2.45) is 0 Å². The molecule has 2 aliphatic rings. The summed E-state index contributed by atoms with van der Waals surface area (Å²) in [5.41, 5.74) is 4.33. The SMILES string of the molecule is O=C(c1sccc1S(=O)(=O)N1CCOCC1)N1Cc2ccccc2-c2ccccc2C1. The molecule has 2 aromatic carbocycles. The molecule has 0 radical (unpaired) electrons. The lowest BCUT2D eigenvalue weighted by atomic mass is 9.97. The number of amides is 1. The van der Waals surface area contributed by atoms with Gasteiger partial charge in [-0.05, 0) is 33.7 Å². The van der Waals surface area contributed by atoms with E-state index in [4.69, 9.17) is 4.74 Å². The van der Waals surface area contributed by atoms with Crippen LogP contribution in [-0.2, 0) is 27.8 Å². The van der Waals surface area contributed by atoms with E-state index in [-0.39, 0.29) is 15.7 Å². The molecular weight excluding hydrogens is 432 g/mol. The number of sulfonamides is 1. The molecular formula is C23H22N2O4S2. The maximum Gasteiger partial charge on any atom is 0.265 e. The van der Waals surface area contributed by atoms with Crippen molar-refractivity contribution in [1.29, 1.82) is 0 Å². The van der Waals surface area contributed by atoms with Gasteiger partial charge in [-0.2, -0.15) is 4.31 Å². The van der Waals surface area contributed by atoms with Crippen LogP contribution in [0.1, 0.15) is 20.8 Å². The first kappa shape index (κ1) is 20.4. The molecule has 0 unspecified atom stereocenters. The van der Waals surface area contributed by atoms with Gasteiger partial charge < -0.3 is 9.64 Å². The second-order valence-electron chi connectivity index (χ2n) is 7.61. The number of morpholine rings is 1. The first-order valence-electron chi connectivity index (χ1n) is 10.2. The summed E-state index contributed by atoms with van der Waals surface area (Å²) in [4.78, 5) is 15.7. The lowest BCUT2D eigenvalue weighted by molar-refractivity contribution is 0.0720. The Bertz CT molecular complexity index is 1180. The van der Waals surface area contributed by atoms with Gasteiger partial charge in [-0.3, -0.25) is 4.79 Å². The highest BCUT2D eigenvalue weighted by Crippen LogP contribution is 2.34. The molecule has 0 bridgehead atoms. The van der Waals surface area contributed by atoms with Gasteiger partial charge >= 0.3 is 0 Å². The molecule has 1 amide bonds. The van der Waals surface area contributed by atoms with Crippen LogP contribution in [-0.4, -0.2) is 49.8 Å². The minimum absolute atomic E-state index is 0.0928. The minimum Gasteiger partial charge on any atom is -0.379 e. The average molecular weight is 455 g/mol. The quantitative estimate of drug-likeness (QED) is 0.607. The van der Waals surface area contributed by atoms with Gasteiger partial charge in [-0.25, -0.2) is 8.42 Å². The Hall–Kier alpha value is -2.52. The number of hydrogen-bond acceptors (Lipinski definition) is 5. The predicted octanol–water partition coefficient (Wildman–Crippen LogP) is 3.59. The molecule has 3 heterocycles. The first-order chi connectivity index (χ1) is 15.1. The predicted molar refractivity (Wildman–Crippen MR) is 119 cm³/mol. The molecule has 6 nitrogen and oxygen atoms in total. The van der Waals surface area contributed by atoms with Crippen LogP contribution >= 0.6 is 11.3 Å². The lowest BCUT2D eigenvalue weighted by Crippen LogP contribution is -2.41. The van der Waals surface area contributed by atoms with E-state index < -0.39 is 10.0 Å². The van der Waals surface area contributed by atoms with Crippen molar-refractivity contribution < 1.29 is 17.9 Å². The van der Waals surface area contributed by atoms with Crippen LogP contribution in [0.25, 0.3) is 11.1 Å². The van der Waals surface area contributed by atoms with Crippen molar-refractivity contribution >= 4 is 27.3 Å². The third-order valence-corrected chi connectivity index (χ3v) is 8.72. The van der Waals surface area contributed by atoms with Crippen molar-refractivity contribution in [3.05, 3.63) is 76.0 Å². The molecule has 31 heavy (non-hydrogen) atoms. The van der Waals surface area contributed by atoms with Crippen LogP contribution < -0.4 is 0 Å². The van der Waals surface area contributed by atoms with Crippen molar-refractivity contribution in [2.75, 3.05) is 26.3 Å². The normalized spacial score (nSPS) is 17.0. The molecule has 3 aromatic rings. The summed E-state index contributed by atoms with van der Waals surface area (Å²) in [6, 6.07) is 17.7. The van der Waals surface area contributed by atoms with Crippen molar-refractivity contribution in [3.8, 4) is 11.1 Å². The van der Waals surface area contributed by atoms with Crippen LogP contribution in [0.15, 0.2) is 64.9 Å². The highest BCUT2D eigenvalue weighted by Gasteiger charge is 2.33. The van der Waals surface area contributed by atoms with Crippen molar-refractivity contribution in [3.63, 3.8) is 0 Å². The third-order valence-electron chi connectivity index (χ3n) is 5.75. The Morgan fingerprint density at radius 1 is 0.871 bits per heavy atom. The maximum absolute atomic E-state index is 13.6. The number of ether oxygens (including phenoxy) is 1. The standard InChI is InChI=1S/C23H22N2O4S2/c26-23(22-21(9-14-30-22)31(27,28)25-10-12-29-13-11-25)24-15-17-5-1-3-7-19(17)20-8-4-2-6-18(20)16-24/h1-9,14H,10-13,15-16H2. The first-order valence-corrected chi connectivity index (χ1v) is 12.5. The molecule has 0 N–H and O–H groups in total. The van der Waals surface area contributed by atoms with Gasteiger partial charge in [-0.15, -0.1) is 11.3 Å². The molecule has 0 saturated carbocycles.